The highest BCUT2D eigenvalue weighted by Gasteiger charge is 2.24. The molecule has 4 heterocycles. The number of aliphatic imine (C=N–C) groups is 1. The summed E-state index contributed by atoms with van der Waals surface area (Å²) in [6.07, 6.45) is 3.44. The number of pyridine rings is 1. The summed E-state index contributed by atoms with van der Waals surface area (Å²) in [5.41, 5.74) is 6.81. The number of hydrogen-bond donors (Lipinski definition) is 4. The average Bonchev–Trinajstić information content (AvgIpc) is 3.91. The van der Waals surface area contributed by atoms with Gasteiger partial charge in [0.25, 0.3) is 0 Å². The molecule has 4 N–H and O–H groups in total. The van der Waals surface area contributed by atoms with E-state index in [0.717, 1.165) is 50.8 Å². The van der Waals surface area contributed by atoms with Gasteiger partial charge in [-0.25, -0.2) is 4.98 Å². The average molecular weight is 695 g/mol. The van der Waals surface area contributed by atoms with Gasteiger partial charge in [0.1, 0.15) is 17.3 Å². The van der Waals surface area contributed by atoms with Crippen LogP contribution in [0.1, 0.15) is 24.0 Å². The molecule has 0 radical (unpaired) electrons. The lowest BCUT2D eigenvalue weighted by atomic mass is 9.98. The summed E-state index contributed by atoms with van der Waals surface area (Å²) in [5.74, 6) is 2.57. The number of amidine groups is 1. The number of aliphatic hydroxyl groups is 1. The molecule has 1 fully saturated rings. The van der Waals surface area contributed by atoms with Crippen molar-refractivity contribution < 1.29 is 24.1 Å². The molecule has 2 aromatic heterocycles. The lowest BCUT2D eigenvalue weighted by Gasteiger charge is -2.18. The quantitative estimate of drug-likeness (QED) is 0.142. The molecule has 2 atom stereocenters. The zero-order valence-corrected chi connectivity index (χ0v) is 28.9. The number of aromatic nitrogens is 2. The summed E-state index contributed by atoms with van der Waals surface area (Å²) >= 11 is 7.18. The molecular formula is C38H39ClN6O5. The highest BCUT2D eigenvalue weighted by atomic mass is 35.5. The largest absolute Gasteiger partial charge is 0.496 e. The van der Waals surface area contributed by atoms with Gasteiger partial charge in [-0.1, -0.05) is 41.9 Å². The first kappa shape index (κ1) is 33.4. The fourth-order valence-electron chi connectivity index (χ4n) is 6.73. The number of methoxy groups -OCH3 is 3. The van der Waals surface area contributed by atoms with E-state index < -0.39 is 0 Å². The summed E-state index contributed by atoms with van der Waals surface area (Å²) in [5, 5.41) is 20.8. The van der Waals surface area contributed by atoms with Gasteiger partial charge < -0.3 is 39.8 Å². The highest BCUT2D eigenvalue weighted by Crippen LogP contribution is 2.41. The molecule has 12 heteroatoms. The number of fused-ring (bicyclic) bond motifs is 1. The third-order valence-electron chi connectivity index (χ3n) is 9.29. The second kappa shape index (κ2) is 14.4. The molecule has 0 unspecified atom stereocenters. The Morgan fingerprint density at radius 3 is 2.38 bits per heavy atom. The van der Waals surface area contributed by atoms with Crippen LogP contribution in [0.2, 0.25) is 5.02 Å². The van der Waals surface area contributed by atoms with Crippen molar-refractivity contribution in [3.63, 3.8) is 0 Å². The number of aliphatic hydroxyl groups excluding tert-OH is 1. The first-order valence-electron chi connectivity index (χ1n) is 16.5. The number of rotatable bonds is 12. The van der Waals surface area contributed by atoms with Crippen LogP contribution >= 0.6 is 11.6 Å². The molecule has 0 aliphatic carbocycles. The Morgan fingerprint density at radius 1 is 0.920 bits per heavy atom. The third kappa shape index (κ3) is 6.35. The van der Waals surface area contributed by atoms with Crippen LogP contribution in [0.4, 0.5) is 0 Å². The molecule has 3 aromatic carbocycles. The number of nitrogens with one attached hydrogen (secondary N) is 3. The maximum Gasteiger partial charge on any atom is 0.224 e. The SMILES string of the molecule is COc1cc(-n2ccc3c(-c4cccc(-c5ccc(C6=NC[C@H](CO)N6)c(OC)n5)c4Cl)cccc32)cc(OC)c1CNC[C@@H]1CCC(=O)N1. The molecule has 50 heavy (non-hydrogen) atoms. The third-order valence-corrected chi connectivity index (χ3v) is 9.69. The number of amides is 1. The Balaban J connectivity index is 1.20. The minimum atomic E-state index is -0.123. The van der Waals surface area contributed by atoms with Gasteiger partial charge in [-0.15, -0.1) is 0 Å². The zero-order chi connectivity index (χ0) is 34.8. The van der Waals surface area contributed by atoms with Gasteiger partial charge in [0, 0.05) is 60.4 Å². The number of hydrogen-bond acceptors (Lipinski definition) is 9. The Kier molecular flexibility index (Phi) is 9.62. The summed E-state index contributed by atoms with van der Waals surface area (Å²) in [7, 11) is 4.89. The predicted octanol–water partition coefficient (Wildman–Crippen LogP) is 5.12. The number of nitrogens with zero attached hydrogens (tertiary/aromatic N) is 3. The molecule has 7 rings (SSSR count). The van der Waals surface area contributed by atoms with Crippen LogP contribution in [0, 0.1) is 0 Å². The summed E-state index contributed by atoms with van der Waals surface area (Å²) in [4.78, 5) is 20.9. The van der Waals surface area contributed by atoms with E-state index in [9.17, 15) is 9.90 Å². The van der Waals surface area contributed by atoms with Crippen molar-refractivity contribution in [2.24, 2.45) is 4.99 Å². The minimum Gasteiger partial charge on any atom is -0.496 e. The molecule has 0 bridgehead atoms. The van der Waals surface area contributed by atoms with Gasteiger partial charge in [-0.3, -0.25) is 9.79 Å². The molecule has 5 aromatic rings. The van der Waals surface area contributed by atoms with E-state index in [1.54, 1.807) is 21.3 Å². The molecule has 0 spiro atoms. The Labute approximate surface area is 295 Å². The van der Waals surface area contributed by atoms with Crippen LogP contribution in [0.25, 0.3) is 39.0 Å². The highest BCUT2D eigenvalue weighted by molar-refractivity contribution is 6.36. The van der Waals surface area contributed by atoms with Gasteiger partial charge in [0.05, 0.1) is 73.6 Å². The number of ether oxygens (including phenoxy) is 3. The molecular weight excluding hydrogens is 656 g/mol. The lowest BCUT2D eigenvalue weighted by molar-refractivity contribution is -0.119. The van der Waals surface area contributed by atoms with Crippen molar-refractivity contribution in [3.05, 3.63) is 89.1 Å². The molecule has 1 saturated heterocycles. The van der Waals surface area contributed by atoms with E-state index in [0.29, 0.717) is 60.0 Å². The Hall–Kier alpha value is -5.10. The smallest absolute Gasteiger partial charge is 0.224 e. The monoisotopic (exact) mass is 694 g/mol. The van der Waals surface area contributed by atoms with Crippen LogP contribution in [-0.2, 0) is 11.3 Å². The number of halogens is 1. The van der Waals surface area contributed by atoms with Crippen molar-refractivity contribution in [1.29, 1.82) is 0 Å². The van der Waals surface area contributed by atoms with Crippen molar-refractivity contribution in [1.82, 2.24) is 25.5 Å². The topological polar surface area (TPSA) is 131 Å². The molecule has 2 aliphatic rings. The Bertz CT molecular complexity index is 2070. The molecule has 2 aliphatic heterocycles. The van der Waals surface area contributed by atoms with Gasteiger partial charge in [0.2, 0.25) is 11.8 Å². The normalized spacial score (nSPS) is 17.1. The fraction of sp³-hybridized carbons (Fsp3) is 0.289. The first-order chi connectivity index (χ1) is 24.4. The van der Waals surface area contributed by atoms with Crippen LogP contribution in [0.5, 0.6) is 17.4 Å². The second-order valence-corrected chi connectivity index (χ2v) is 12.7. The second-order valence-electron chi connectivity index (χ2n) is 12.3. The van der Waals surface area contributed by atoms with Crippen LogP contribution in [-0.4, -0.2) is 79.5 Å². The van der Waals surface area contributed by atoms with Gasteiger partial charge >= 0.3 is 0 Å². The molecule has 0 saturated carbocycles. The van der Waals surface area contributed by atoms with E-state index in [4.69, 9.17) is 30.8 Å². The summed E-state index contributed by atoms with van der Waals surface area (Å²) in [6, 6.07) is 22.0. The van der Waals surface area contributed by atoms with Gasteiger partial charge in [-0.05, 0) is 36.2 Å². The van der Waals surface area contributed by atoms with Crippen LogP contribution < -0.4 is 30.2 Å². The van der Waals surface area contributed by atoms with Crippen molar-refractivity contribution in [3.8, 4) is 45.5 Å². The van der Waals surface area contributed by atoms with E-state index in [2.05, 4.69) is 43.7 Å². The van der Waals surface area contributed by atoms with Crippen molar-refractivity contribution in [2.75, 3.05) is 41.0 Å². The summed E-state index contributed by atoms with van der Waals surface area (Å²) in [6.45, 7) is 1.69. The molecule has 258 valence electrons. The van der Waals surface area contributed by atoms with E-state index in [1.165, 1.54) is 0 Å². The maximum absolute atomic E-state index is 11.6. The minimum absolute atomic E-state index is 0.00413. The molecule has 11 nitrogen and oxygen atoms in total. The number of carbonyl (C=O) groups excluding carboxylic acids is 1. The standard InChI is InChI=1S/C38H39ClN6O5/c1-48-33-16-24(17-34(49-2)30(33)20-40-18-22-10-13-35(47)42-22)45-15-14-26-25(6-5-9-32(26)45)27-7-4-8-28(36(27)39)31-12-11-29(38(44-31)50-3)37-41-19-23(21-46)43-37/h4-9,11-12,14-17,22-23,40,46H,10,13,18-21H2,1-3H3,(H,41,43)(H,42,47)/t22-,23+/m0/s1. The Morgan fingerprint density at radius 2 is 1.68 bits per heavy atom. The van der Waals surface area contributed by atoms with Crippen LogP contribution in [0.15, 0.2) is 77.9 Å². The fourth-order valence-corrected chi connectivity index (χ4v) is 7.05. The van der Waals surface area contributed by atoms with Gasteiger partial charge in [-0.2, -0.15) is 0 Å². The number of benzene rings is 3. The maximum atomic E-state index is 11.6. The van der Waals surface area contributed by atoms with E-state index in [-0.39, 0.29) is 24.6 Å². The molecule has 1 amide bonds. The summed E-state index contributed by atoms with van der Waals surface area (Å²) < 4.78 is 19.5. The van der Waals surface area contributed by atoms with Crippen LogP contribution in [0.3, 0.4) is 0 Å². The zero-order valence-electron chi connectivity index (χ0n) is 28.1. The van der Waals surface area contributed by atoms with Crippen molar-refractivity contribution in [2.45, 2.75) is 31.5 Å². The van der Waals surface area contributed by atoms with E-state index in [1.807, 2.05) is 54.7 Å². The predicted molar refractivity (Wildman–Crippen MR) is 195 cm³/mol. The lowest BCUT2D eigenvalue weighted by Crippen LogP contribution is -2.35. The number of carbonyl (C=O) groups is 1. The van der Waals surface area contributed by atoms with E-state index >= 15 is 0 Å². The first-order valence-corrected chi connectivity index (χ1v) is 16.9. The van der Waals surface area contributed by atoms with Crippen molar-refractivity contribution >= 4 is 34.2 Å². The van der Waals surface area contributed by atoms with Gasteiger partial charge in [0.15, 0.2) is 0 Å².